The lowest BCUT2D eigenvalue weighted by atomic mass is 9.86. The molecule has 0 aliphatic rings. The molecule has 0 aliphatic carbocycles. The van der Waals surface area contributed by atoms with E-state index in [2.05, 4.69) is 203 Å². The van der Waals surface area contributed by atoms with Gasteiger partial charge in [0.2, 0.25) is 0 Å². The van der Waals surface area contributed by atoms with Crippen molar-refractivity contribution < 1.29 is 0 Å². The van der Waals surface area contributed by atoms with Gasteiger partial charge >= 0.3 is 0 Å². The van der Waals surface area contributed by atoms with Crippen LogP contribution in [0.1, 0.15) is 0 Å². The second kappa shape index (κ2) is 11.1. The molecule has 2 heterocycles. The highest BCUT2D eigenvalue weighted by Crippen LogP contribution is 2.47. The second-order valence-electron chi connectivity index (χ2n) is 15.2. The average Bonchev–Trinajstić information content (AvgIpc) is 3.78. The fourth-order valence-corrected chi connectivity index (χ4v) is 10.1. The van der Waals surface area contributed by atoms with Gasteiger partial charge in [0.1, 0.15) is 0 Å². The summed E-state index contributed by atoms with van der Waals surface area (Å²) in [7, 11) is 0. The Balaban J connectivity index is 1.08. The van der Waals surface area contributed by atoms with Gasteiger partial charge in [-0.3, -0.25) is 0 Å². The molecule has 0 saturated heterocycles. The number of hydrogen-bond acceptors (Lipinski definition) is 0. The Hall–Kier alpha value is -7.42. The summed E-state index contributed by atoms with van der Waals surface area (Å²) >= 11 is 0. The molecule has 11 aromatic carbocycles. The Morgan fingerprint density at radius 1 is 0.214 bits per heavy atom. The summed E-state index contributed by atoms with van der Waals surface area (Å²) in [5.41, 5.74) is 9.64. The molecular weight excluding hydrogens is 677 g/mol. The number of rotatable bonds is 3. The SMILES string of the molecule is c1ccc(-n2c3ccccc3c3cc(-c4ccc5c(c4)c4ccccc4n5-c4cc5c6ccccc6c6cccc7c8ccccc8c(c4)c5c67)ccc32)cc1. The number of fused-ring (bicyclic) bond motifs is 12. The third-order valence-corrected chi connectivity index (χ3v) is 12.4. The van der Waals surface area contributed by atoms with Crippen molar-refractivity contribution in [3.63, 3.8) is 0 Å². The molecule has 0 saturated carbocycles. The van der Waals surface area contributed by atoms with Gasteiger partial charge in [0, 0.05) is 32.9 Å². The van der Waals surface area contributed by atoms with Crippen molar-refractivity contribution in [1.29, 1.82) is 0 Å². The van der Waals surface area contributed by atoms with Gasteiger partial charge in [-0.1, -0.05) is 133 Å². The Labute approximate surface area is 322 Å². The molecule has 2 nitrogen and oxygen atoms in total. The summed E-state index contributed by atoms with van der Waals surface area (Å²) in [5, 5.41) is 18.2. The van der Waals surface area contributed by atoms with E-state index < -0.39 is 0 Å². The first-order chi connectivity index (χ1) is 27.8. The molecule has 0 fully saturated rings. The standard InChI is InChI=1S/C54H32N2/c1-2-13-35(14-3-1)55-49-23-10-8-19-41(49)45-29-33(25-27-51(45)55)34-26-28-52-46(30-34)42-20-9-11-24-50(42)56(52)36-31-47-39-17-6-4-15-37(39)43-21-12-22-44-38-16-5-7-18-40(38)48(32-36)54(47)53(43)44/h1-32H. The van der Waals surface area contributed by atoms with Gasteiger partial charge in [0.05, 0.1) is 22.1 Å². The van der Waals surface area contributed by atoms with Crippen molar-refractivity contribution in [1.82, 2.24) is 9.13 Å². The predicted molar refractivity (Wildman–Crippen MR) is 239 cm³/mol. The summed E-state index contributed by atoms with van der Waals surface area (Å²) in [4.78, 5) is 0. The van der Waals surface area contributed by atoms with Gasteiger partial charge in [-0.25, -0.2) is 0 Å². The van der Waals surface area contributed by atoms with Crippen molar-refractivity contribution in [2.45, 2.75) is 0 Å². The highest BCUT2D eigenvalue weighted by Gasteiger charge is 2.21. The van der Waals surface area contributed by atoms with E-state index in [1.54, 1.807) is 0 Å². The molecule has 13 aromatic rings. The van der Waals surface area contributed by atoms with Crippen LogP contribution in [0.2, 0.25) is 0 Å². The zero-order chi connectivity index (χ0) is 36.5. The molecule has 56 heavy (non-hydrogen) atoms. The average molecular weight is 709 g/mol. The summed E-state index contributed by atoms with van der Waals surface area (Å²) in [6.07, 6.45) is 0. The van der Waals surface area contributed by atoms with E-state index in [9.17, 15) is 0 Å². The van der Waals surface area contributed by atoms with Gasteiger partial charge < -0.3 is 9.13 Å². The molecule has 2 aromatic heterocycles. The molecular formula is C54H32N2. The lowest BCUT2D eigenvalue weighted by Gasteiger charge is -2.19. The minimum atomic E-state index is 1.17. The Kier molecular flexibility index (Phi) is 5.92. The van der Waals surface area contributed by atoms with Gasteiger partial charge in [-0.2, -0.15) is 0 Å². The van der Waals surface area contributed by atoms with Crippen molar-refractivity contribution in [3.05, 3.63) is 194 Å². The smallest absolute Gasteiger partial charge is 0.0541 e. The fourth-order valence-electron chi connectivity index (χ4n) is 10.1. The molecule has 0 atom stereocenters. The van der Waals surface area contributed by atoms with Gasteiger partial charge in [-0.15, -0.1) is 0 Å². The van der Waals surface area contributed by atoms with E-state index in [1.165, 1.54) is 120 Å². The van der Waals surface area contributed by atoms with E-state index in [0.717, 1.165) is 0 Å². The maximum atomic E-state index is 2.49. The topological polar surface area (TPSA) is 9.86 Å². The van der Waals surface area contributed by atoms with Crippen LogP contribution in [0.3, 0.4) is 0 Å². The van der Waals surface area contributed by atoms with Crippen LogP contribution in [0, 0.1) is 0 Å². The monoisotopic (exact) mass is 708 g/mol. The second-order valence-corrected chi connectivity index (χ2v) is 15.2. The van der Waals surface area contributed by atoms with Gasteiger partial charge in [0.15, 0.2) is 0 Å². The number of aromatic nitrogens is 2. The van der Waals surface area contributed by atoms with Crippen LogP contribution in [-0.4, -0.2) is 9.13 Å². The molecule has 258 valence electrons. The van der Waals surface area contributed by atoms with Crippen molar-refractivity contribution >= 4 is 97.5 Å². The molecule has 0 N–H and O–H groups in total. The van der Waals surface area contributed by atoms with Crippen LogP contribution in [0.4, 0.5) is 0 Å². The quantitative estimate of drug-likeness (QED) is 0.128. The highest BCUT2D eigenvalue weighted by molar-refractivity contribution is 6.40. The first-order valence-electron chi connectivity index (χ1n) is 19.4. The predicted octanol–water partition coefficient (Wildman–Crippen LogP) is 14.8. The molecule has 0 amide bonds. The largest absolute Gasteiger partial charge is 0.309 e. The van der Waals surface area contributed by atoms with Gasteiger partial charge in [-0.05, 0) is 126 Å². The van der Waals surface area contributed by atoms with Crippen LogP contribution >= 0.6 is 0 Å². The highest BCUT2D eigenvalue weighted by atomic mass is 15.0. The molecule has 0 aliphatic heterocycles. The molecule has 13 rings (SSSR count). The lowest BCUT2D eigenvalue weighted by molar-refractivity contribution is 1.18. The maximum absolute atomic E-state index is 2.49. The summed E-state index contributed by atoms with van der Waals surface area (Å²) in [6, 6.07) is 72.0. The number of nitrogens with zero attached hydrogens (tertiary/aromatic N) is 2. The van der Waals surface area contributed by atoms with E-state index in [-0.39, 0.29) is 0 Å². The van der Waals surface area contributed by atoms with Crippen LogP contribution in [0.15, 0.2) is 194 Å². The van der Waals surface area contributed by atoms with Crippen LogP contribution in [0.25, 0.3) is 120 Å². The van der Waals surface area contributed by atoms with E-state index in [1.807, 2.05) is 0 Å². The zero-order valence-electron chi connectivity index (χ0n) is 30.4. The lowest BCUT2D eigenvalue weighted by Crippen LogP contribution is -1.96. The summed E-state index contributed by atoms with van der Waals surface area (Å²) < 4.78 is 4.87. The zero-order valence-corrected chi connectivity index (χ0v) is 30.4. The minimum Gasteiger partial charge on any atom is -0.309 e. The number of para-hydroxylation sites is 3. The third-order valence-electron chi connectivity index (χ3n) is 12.4. The molecule has 0 unspecified atom stereocenters. The van der Waals surface area contributed by atoms with Crippen molar-refractivity contribution in [3.8, 4) is 22.5 Å². The maximum Gasteiger partial charge on any atom is 0.0541 e. The number of hydrogen-bond donors (Lipinski definition) is 0. The van der Waals surface area contributed by atoms with Crippen LogP contribution < -0.4 is 0 Å². The van der Waals surface area contributed by atoms with Crippen LogP contribution in [-0.2, 0) is 0 Å². The Bertz CT molecular complexity index is 3650. The van der Waals surface area contributed by atoms with E-state index in [4.69, 9.17) is 0 Å². The Morgan fingerprint density at radius 3 is 1.11 bits per heavy atom. The van der Waals surface area contributed by atoms with Gasteiger partial charge in [0.25, 0.3) is 0 Å². The molecule has 0 bridgehead atoms. The van der Waals surface area contributed by atoms with E-state index >= 15 is 0 Å². The normalized spacial score (nSPS) is 12.3. The molecule has 2 heteroatoms. The minimum absolute atomic E-state index is 1.17. The number of benzene rings is 11. The summed E-state index contributed by atoms with van der Waals surface area (Å²) in [6.45, 7) is 0. The van der Waals surface area contributed by atoms with Crippen molar-refractivity contribution in [2.75, 3.05) is 0 Å². The Morgan fingerprint density at radius 2 is 0.589 bits per heavy atom. The fraction of sp³-hybridized carbons (Fsp3) is 0. The molecule has 0 spiro atoms. The summed E-state index contributed by atoms with van der Waals surface area (Å²) in [5.74, 6) is 0. The molecule has 0 radical (unpaired) electrons. The third kappa shape index (κ3) is 3.95. The van der Waals surface area contributed by atoms with E-state index in [0.29, 0.717) is 0 Å². The van der Waals surface area contributed by atoms with Crippen molar-refractivity contribution in [2.24, 2.45) is 0 Å². The first kappa shape index (κ1) is 30.0. The van der Waals surface area contributed by atoms with Crippen LogP contribution in [0.5, 0.6) is 0 Å². The first-order valence-corrected chi connectivity index (χ1v) is 19.4.